The summed E-state index contributed by atoms with van der Waals surface area (Å²) in [5.74, 6) is 2.07. The van der Waals surface area contributed by atoms with Crippen LogP contribution in [0.4, 0.5) is 0 Å². The lowest BCUT2D eigenvalue weighted by Crippen LogP contribution is -2.34. The number of nitrogens with one attached hydrogen (secondary N) is 1. The number of furan rings is 1. The first-order chi connectivity index (χ1) is 7.38. The molecule has 0 radical (unpaired) electrons. The molecule has 0 amide bonds. The highest BCUT2D eigenvalue weighted by molar-refractivity contribution is 5.00. The Hall–Kier alpha value is -0.760. The normalized spacial score (nSPS) is 18.7. The fourth-order valence-corrected chi connectivity index (χ4v) is 2.33. The molecule has 1 fully saturated rings. The predicted molar refractivity (Wildman–Crippen MR) is 61.8 cm³/mol. The summed E-state index contributed by atoms with van der Waals surface area (Å²) in [5, 5.41) is 3.56. The highest BCUT2D eigenvalue weighted by Gasteiger charge is 2.22. The van der Waals surface area contributed by atoms with Crippen LogP contribution in [-0.4, -0.2) is 12.6 Å². The molecule has 0 saturated heterocycles. The smallest absolute Gasteiger partial charge is 0.105 e. The Bertz CT molecular complexity index is 264. The molecule has 15 heavy (non-hydrogen) atoms. The minimum absolute atomic E-state index is 0.603. The Kier molecular flexibility index (Phi) is 3.84. The van der Waals surface area contributed by atoms with E-state index >= 15 is 0 Å². The van der Waals surface area contributed by atoms with Gasteiger partial charge in [0.1, 0.15) is 5.76 Å². The zero-order valence-electron chi connectivity index (χ0n) is 9.54. The first-order valence-electron chi connectivity index (χ1n) is 6.14. The molecule has 1 unspecified atom stereocenters. The van der Waals surface area contributed by atoms with E-state index in [0.29, 0.717) is 6.04 Å². The second-order valence-electron chi connectivity index (χ2n) is 4.57. The van der Waals surface area contributed by atoms with E-state index < -0.39 is 0 Å². The number of rotatable bonds is 6. The first kappa shape index (κ1) is 10.7. The monoisotopic (exact) mass is 207 g/mol. The fourth-order valence-electron chi connectivity index (χ4n) is 2.33. The van der Waals surface area contributed by atoms with Crippen molar-refractivity contribution in [1.29, 1.82) is 0 Å². The van der Waals surface area contributed by atoms with E-state index in [4.69, 9.17) is 4.42 Å². The quantitative estimate of drug-likeness (QED) is 0.775. The molecule has 84 valence electrons. The molecule has 1 heterocycles. The van der Waals surface area contributed by atoms with Crippen LogP contribution in [0, 0.1) is 5.92 Å². The maximum atomic E-state index is 5.40. The van der Waals surface area contributed by atoms with Crippen LogP contribution >= 0.6 is 0 Å². The van der Waals surface area contributed by atoms with Gasteiger partial charge in [-0.2, -0.15) is 0 Å². The van der Waals surface area contributed by atoms with E-state index in [2.05, 4.69) is 18.3 Å². The van der Waals surface area contributed by atoms with Gasteiger partial charge in [0.25, 0.3) is 0 Å². The third kappa shape index (κ3) is 3.10. The Labute approximate surface area is 92.1 Å². The van der Waals surface area contributed by atoms with Crippen molar-refractivity contribution in [2.24, 2.45) is 5.92 Å². The standard InChI is InChI=1S/C13H21NO/c1-2-14-12(9-11-5-3-6-11)10-13-7-4-8-15-13/h4,7-8,11-12,14H,2-3,5-6,9-10H2,1H3. The van der Waals surface area contributed by atoms with Crippen LogP contribution in [0.15, 0.2) is 22.8 Å². The minimum Gasteiger partial charge on any atom is -0.469 e. The molecule has 1 atom stereocenters. The van der Waals surface area contributed by atoms with Crippen molar-refractivity contribution in [3.8, 4) is 0 Å². The van der Waals surface area contributed by atoms with E-state index in [1.54, 1.807) is 6.26 Å². The van der Waals surface area contributed by atoms with Crippen LogP contribution in [0.25, 0.3) is 0 Å². The van der Waals surface area contributed by atoms with Crippen LogP contribution in [0.1, 0.15) is 38.4 Å². The summed E-state index contributed by atoms with van der Waals surface area (Å²) in [6.45, 7) is 3.23. The predicted octanol–water partition coefficient (Wildman–Crippen LogP) is 2.99. The topological polar surface area (TPSA) is 25.2 Å². The van der Waals surface area contributed by atoms with Gasteiger partial charge in [-0.15, -0.1) is 0 Å². The SMILES string of the molecule is CCNC(Cc1ccco1)CC1CCC1. The van der Waals surface area contributed by atoms with E-state index in [0.717, 1.165) is 24.6 Å². The lowest BCUT2D eigenvalue weighted by Gasteiger charge is -2.29. The molecule has 1 saturated carbocycles. The lowest BCUT2D eigenvalue weighted by molar-refractivity contribution is 0.256. The maximum absolute atomic E-state index is 5.40. The molecule has 0 aliphatic heterocycles. The van der Waals surface area contributed by atoms with Crippen molar-refractivity contribution < 1.29 is 4.42 Å². The highest BCUT2D eigenvalue weighted by atomic mass is 16.3. The molecule has 1 aliphatic carbocycles. The number of hydrogen-bond donors (Lipinski definition) is 1. The van der Waals surface area contributed by atoms with E-state index in [1.165, 1.54) is 25.7 Å². The summed E-state index contributed by atoms with van der Waals surface area (Å²) in [7, 11) is 0. The van der Waals surface area contributed by atoms with Crippen molar-refractivity contribution in [3.05, 3.63) is 24.2 Å². The van der Waals surface area contributed by atoms with Crippen molar-refractivity contribution in [3.63, 3.8) is 0 Å². The third-order valence-corrected chi connectivity index (χ3v) is 3.36. The van der Waals surface area contributed by atoms with Crippen LogP contribution in [0.2, 0.25) is 0 Å². The molecular weight excluding hydrogens is 186 g/mol. The second-order valence-corrected chi connectivity index (χ2v) is 4.57. The van der Waals surface area contributed by atoms with Gasteiger partial charge >= 0.3 is 0 Å². The average molecular weight is 207 g/mol. The Morgan fingerprint density at radius 3 is 2.93 bits per heavy atom. The van der Waals surface area contributed by atoms with Gasteiger partial charge in [-0.05, 0) is 31.0 Å². The molecular formula is C13H21NO. The van der Waals surface area contributed by atoms with Gasteiger partial charge in [-0.3, -0.25) is 0 Å². The molecule has 1 aromatic heterocycles. The number of hydrogen-bond acceptors (Lipinski definition) is 2. The van der Waals surface area contributed by atoms with Crippen molar-refractivity contribution in [2.45, 2.75) is 45.1 Å². The highest BCUT2D eigenvalue weighted by Crippen LogP contribution is 2.31. The van der Waals surface area contributed by atoms with E-state index in [9.17, 15) is 0 Å². The van der Waals surface area contributed by atoms with E-state index in [1.807, 2.05) is 6.07 Å². The van der Waals surface area contributed by atoms with Crippen LogP contribution in [0.5, 0.6) is 0 Å². The minimum atomic E-state index is 0.603. The van der Waals surface area contributed by atoms with Crippen LogP contribution in [0.3, 0.4) is 0 Å². The van der Waals surface area contributed by atoms with Gasteiger partial charge in [0, 0.05) is 12.5 Å². The molecule has 1 aliphatic rings. The lowest BCUT2D eigenvalue weighted by atomic mass is 9.80. The van der Waals surface area contributed by atoms with Crippen molar-refractivity contribution in [1.82, 2.24) is 5.32 Å². The van der Waals surface area contributed by atoms with Gasteiger partial charge in [-0.25, -0.2) is 0 Å². The van der Waals surface area contributed by atoms with Gasteiger partial charge in [0.2, 0.25) is 0 Å². The molecule has 2 rings (SSSR count). The molecule has 0 aromatic carbocycles. The third-order valence-electron chi connectivity index (χ3n) is 3.36. The Balaban J connectivity index is 1.81. The number of likely N-dealkylation sites (N-methyl/N-ethyl adjacent to an activating group) is 1. The van der Waals surface area contributed by atoms with E-state index in [-0.39, 0.29) is 0 Å². The summed E-state index contributed by atoms with van der Waals surface area (Å²) in [6, 6.07) is 4.65. The second kappa shape index (κ2) is 5.36. The summed E-state index contributed by atoms with van der Waals surface area (Å²) < 4.78 is 5.40. The summed E-state index contributed by atoms with van der Waals surface area (Å²) in [6.07, 6.45) is 8.41. The Morgan fingerprint density at radius 1 is 1.53 bits per heavy atom. The van der Waals surface area contributed by atoms with Crippen molar-refractivity contribution in [2.75, 3.05) is 6.54 Å². The zero-order valence-corrected chi connectivity index (χ0v) is 9.54. The summed E-state index contributed by atoms with van der Waals surface area (Å²) >= 11 is 0. The van der Waals surface area contributed by atoms with Gasteiger partial charge in [0.05, 0.1) is 6.26 Å². The van der Waals surface area contributed by atoms with Crippen LogP contribution in [-0.2, 0) is 6.42 Å². The summed E-state index contributed by atoms with van der Waals surface area (Å²) in [5.41, 5.74) is 0. The molecule has 1 N–H and O–H groups in total. The summed E-state index contributed by atoms with van der Waals surface area (Å²) in [4.78, 5) is 0. The van der Waals surface area contributed by atoms with Crippen molar-refractivity contribution >= 4 is 0 Å². The van der Waals surface area contributed by atoms with Gasteiger partial charge in [0.15, 0.2) is 0 Å². The average Bonchev–Trinajstić information content (AvgIpc) is 2.64. The molecule has 2 heteroatoms. The largest absolute Gasteiger partial charge is 0.469 e. The van der Waals surface area contributed by atoms with Crippen LogP contribution < -0.4 is 5.32 Å². The maximum Gasteiger partial charge on any atom is 0.105 e. The fraction of sp³-hybridized carbons (Fsp3) is 0.692. The van der Waals surface area contributed by atoms with Gasteiger partial charge < -0.3 is 9.73 Å². The molecule has 1 aromatic rings. The Morgan fingerprint density at radius 2 is 2.40 bits per heavy atom. The van der Waals surface area contributed by atoms with Gasteiger partial charge in [-0.1, -0.05) is 26.2 Å². The molecule has 0 bridgehead atoms. The zero-order chi connectivity index (χ0) is 10.5. The molecule has 0 spiro atoms. The first-order valence-corrected chi connectivity index (χ1v) is 6.14. The molecule has 2 nitrogen and oxygen atoms in total.